The SMILES string of the molecule is Cc1ccc(C2/C(=C(/O)c3cccc(OCC(C)C)c3)C(=O)C(=O)N2c2ccc(F)c(F)c2)o1. The lowest BCUT2D eigenvalue weighted by Gasteiger charge is -2.23. The zero-order chi connectivity index (χ0) is 24.6. The predicted octanol–water partition coefficient (Wildman–Crippen LogP) is 5.53. The summed E-state index contributed by atoms with van der Waals surface area (Å²) in [5.41, 5.74) is -0.0176. The number of ether oxygens (including phenoxy) is 1. The van der Waals surface area contributed by atoms with Crippen molar-refractivity contribution in [1.29, 1.82) is 0 Å². The van der Waals surface area contributed by atoms with Gasteiger partial charge < -0.3 is 14.3 Å². The summed E-state index contributed by atoms with van der Waals surface area (Å²) in [5.74, 6) is -3.22. The molecule has 1 saturated heterocycles. The highest BCUT2D eigenvalue weighted by molar-refractivity contribution is 6.51. The monoisotopic (exact) mass is 467 g/mol. The number of rotatable bonds is 6. The number of anilines is 1. The van der Waals surface area contributed by atoms with Gasteiger partial charge in [-0.3, -0.25) is 14.5 Å². The number of aliphatic hydroxyl groups is 1. The van der Waals surface area contributed by atoms with E-state index in [4.69, 9.17) is 9.15 Å². The Hall–Kier alpha value is -3.94. The summed E-state index contributed by atoms with van der Waals surface area (Å²) in [5, 5.41) is 11.2. The topological polar surface area (TPSA) is 80.0 Å². The third kappa shape index (κ3) is 4.31. The molecule has 176 valence electrons. The Kier molecular flexibility index (Phi) is 6.24. The summed E-state index contributed by atoms with van der Waals surface area (Å²) in [7, 11) is 0. The van der Waals surface area contributed by atoms with Gasteiger partial charge in [0.25, 0.3) is 11.7 Å². The molecule has 8 heteroatoms. The molecule has 0 spiro atoms. The number of hydrogen-bond acceptors (Lipinski definition) is 5. The molecule has 0 aliphatic carbocycles. The molecule has 1 aliphatic heterocycles. The van der Waals surface area contributed by atoms with E-state index in [1.54, 1.807) is 43.3 Å². The van der Waals surface area contributed by atoms with Gasteiger partial charge in [-0.25, -0.2) is 8.78 Å². The molecule has 3 aromatic rings. The Morgan fingerprint density at radius 2 is 1.85 bits per heavy atom. The number of amides is 1. The molecule has 1 N–H and O–H groups in total. The van der Waals surface area contributed by atoms with Gasteiger partial charge in [0.1, 0.15) is 29.1 Å². The van der Waals surface area contributed by atoms with Crippen molar-refractivity contribution < 1.29 is 32.6 Å². The average Bonchev–Trinajstić information content (AvgIpc) is 3.35. The Morgan fingerprint density at radius 3 is 2.50 bits per heavy atom. The van der Waals surface area contributed by atoms with Gasteiger partial charge in [0.2, 0.25) is 0 Å². The van der Waals surface area contributed by atoms with E-state index in [0.29, 0.717) is 18.1 Å². The van der Waals surface area contributed by atoms with Gasteiger partial charge >= 0.3 is 0 Å². The van der Waals surface area contributed by atoms with E-state index < -0.39 is 35.1 Å². The zero-order valence-electron chi connectivity index (χ0n) is 18.8. The number of halogens is 2. The molecular weight excluding hydrogens is 444 g/mol. The van der Waals surface area contributed by atoms with Crippen molar-refractivity contribution in [2.24, 2.45) is 5.92 Å². The minimum absolute atomic E-state index is 0.0480. The number of aryl methyl sites for hydroxylation is 1. The minimum Gasteiger partial charge on any atom is -0.507 e. The molecule has 1 aliphatic rings. The number of aliphatic hydroxyl groups excluding tert-OH is 1. The van der Waals surface area contributed by atoms with Gasteiger partial charge in [-0.05, 0) is 49.2 Å². The summed E-state index contributed by atoms with van der Waals surface area (Å²) in [4.78, 5) is 27.1. The second kappa shape index (κ2) is 9.13. The predicted molar refractivity (Wildman–Crippen MR) is 121 cm³/mol. The van der Waals surface area contributed by atoms with E-state index in [1.807, 2.05) is 13.8 Å². The first-order valence-electron chi connectivity index (χ1n) is 10.7. The van der Waals surface area contributed by atoms with E-state index >= 15 is 0 Å². The largest absolute Gasteiger partial charge is 0.507 e. The molecule has 0 radical (unpaired) electrons. The molecule has 1 fully saturated rings. The molecule has 1 aromatic heterocycles. The van der Waals surface area contributed by atoms with Crippen LogP contribution in [0.1, 0.15) is 37.0 Å². The molecule has 2 heterocycles. The molecule has 34 heavy (non-hydrogen) atoms. The van der Waals surface area contributed by atoms with E-state index in [2.05, 4.69) is 0 Å². The summed E-state index contributed by atoms with van der Waals surface area (Å²) in [6, 6.07) is 11.4. The lowest BCUT2D eigenvalue weighted by Crippen LogP contribution is -2.29. The Bertz CT molecular complexity index is 1290. The first kappa shape index (κ1) is 23.2. The van der Waals surface area contributed by atoms with Crippen LogP contribution in [-0.4, -0.2) is 23.4 Å². The van der Waals surface area contributed by atoms with Gasteiger partial charge in [-0.15, -0.1) is 0 Å². The van der Waals surface area contributed by atoms with Crippen molar-refractivity contribution in [3.63, 3.8) is 0 Å². The van der Waals surface area contributed by atoms with Crippen LogP contribution in [0.25, 0.3) is 5.76 Å². The van der Waals surface area contributed by atoms with E-state index in [1.165, 1.54) is 6.07 Å². The van der Waals surface area contributed by atoms with Crippen LogP contribution in [0.3, 0.4) is 0 Å². The maximum absolute atomic E-state index is 14.0. The van der Waals surface area contributed by atoms with Crippen LogP contribution >= 0.6 is 0 Å². The number of benzene rings is 2. The second-order valence-corrected chi connectivity index (χ2v) is 8.45. The smallest absolute Gasteiger partial charge is 0.300 e. The van der Waals surface area contributed by atoms with Gasteiger partial charge in [0, 0.05) is 17.3 Å². The summed E-state index contributed by atoms with van der Waals surface area (Å²) < 4.78 is 38.9. The highest BCUT2D eigenvalue weighted by Crippen LogP contribution is 2.43. The fraction of sp³-hybridized carbons (Fsp3) is 0.231. The molecule has 6 nitrogen and oxygen atoms in total. The highest BCUT2D eigenvalue weighted by Gasteiger charge is 2.48. The Morgan fingerprint density at radius 1 is 1.09 bits per heavy atom. The van der Waals surface area contributed by atoms with Crippen LogP contribution in [0.5, 0.6) is 5.75 Å². The summed E-state index contributed by atoms with van der Waals surface area (Å²) >= 11 is 0. The lowest BCUT2D eigenvalue weighted by atomic mass is 9.99. The van der Waals surface area contributed by atoms with Crippen molar-refractivity contribution in [1.82, 2.24) is 0 Å². The zero-order valence-corrected chi connectivity index (χ0v) is 18.8. The molecule has 2 aromatic carbocycles. The van der Waals surface area contributed by atoms with Crippen LogP contribution in [-0.2, 0) is 9.59 Å². The molecule has 1 atom stereocenters. The fourth-order valence-corrected chi connectivity index (χ4v) is 3.75. The third-order valence-corrected chi connectivity index (χ3v) is 5.35. The Balaban J connectivity index is 1.86. The van der Waals surface area contributed by atoms with Gasteiger partial charge in [0.15, 0.2) is 11.6 Å². The van der Waals surface area contributed by atoms with Crippen molar-refractivity contribution in [2.75, 3.05) is 11.5 Å². The fourth-order valence-electron chi connectivity index (χ4n) is 3.75. The number of nitrogens with zero attached hydrogens (tertiary/aromatic N) is 1. The van der Waals surface area contributed by atoms with E-state index in [9.17, 15) is 23.5 Å². The van der Waals surface area contributed by atoms with Crippen molar-refractivity contribution in [3.05, 3.63) is 88.9 Å². The maximum atomic E-state index is 14.0. The van der Waals surface area contributed by atoms with Crippen LogP contribution in [0.2, 0.25) is 0 Å². The molecule has 4 rings (SSSR count). The van der Waals surface area contributed by atoms with Crippen molar-refractivity contribution in [3.8, 4) is 5.75 Å². The quantitative estimate of drug-likeness (QED) is 0.293. The second-order valence-electron chi connectivity index (χ2n) is 8.45. The Labute approximate surface area is 195 Å². The van der Waals surface area contributed by atoms with E-state index in [-0.39, 0.29) is 28.5 Å². The molecule has 0 bridgehead atoms. The van der Waals surface area contributed by atoms with Gasteiger partial charge in [0.05, 0.1) is 12.2 Å². The number of hydrogen-bond donors (Lipinski definition) is 1. The van der Waals surface area contributed by atoms with Crippen molar-refractivity contribution >= 4 is 23.1 Å². The molecule has 1 unspecified atom stereocenters. The van der Waals surface area contributed by atoms with E-state index in [0.717, 1.165) is 17.0 Å². The van der Waals surface area contributed by atoms with Gasteiger partial charge in [-0.2, -0.15) is 0 Å². The highest BCUT2D eigenvalue weighted by atomic mass is 19.2. The number of ketones is 1. The lowest BCUT2D eigenvalue weighted by molar-refractivity contribution is -0.132. The first-order valence-corrected chi connectivity index (χ1v) is 10.7. The summed E-state index contributed by atoms with van der Waals surface area (Å²) in [6.07, 6.45) is 0. The van der Waals surface area contributed by atoms with Crippen LogP contribution < -0.4 is 9.64 Å². The standard InChI is InChI=1S/C26H23F2NO5/c1-14(2)13-33-18-6-4-5-16(11-18)24(30)22-23(21-10-7-15(3)34-21)29(26(32)25(22)31)17-8-9-19(27)20(28)12-17/h4-12,14,23,30H,13H2,1-3H3/b24-22-. The van der Waals surface area contributed by atoms with Crippen molar-refractivity contribution in [2.45, 2.75) is 26.8 Å². The number of carbonyl (C=O) groups is 2. The van der Waals surface area contributed by atoms with Gasteiger partial charge in [-0.1, -0.05) is 26.0 Å². The molecule has 1 amide bonds. The number of furan rings is 1. The molecule has 0 saturated carbocycles. The summed E-state index contributed by atoms with van der Waals surface area (Å²) in [6.45, 7) is 6.13. The van der Waals surface area contributed by atoms with Crippen LogP contribution in [0, 0.1) is 24.5 Å². The van der Waals surface area contributed by atoms with Crippen LogP contribution in [0.4, 0.5) is 14.5 Å². The number of carbonyl (C=O) groups excluding carboxylic acids is 2. The number of Topliss-reactive ketones (excluding diaryl/α,β-unsaturated/α-hetero) is 1. The minimum atomic E-state index is -1.18. The molecular formula is C26H23F2NO5. The van der Waals surface area contributed by atoms with Crippen LogP contribution in [0.15, 0.2) is 64.6 Å². The maximum Gasteiger partial charge on any atom is 0.300 e. The first-order chi connectivity index (χ1) is 16.2. The normalized spacial score (nSPS) is 17.6. The third-order valence-electron chi connectivity index (χ3n) is 5.35. The average molecular weight is 467 g/mol.